The van der Waals surface area contributed by atoms with Crippen LogP contribution in [-0.2, 0) is 0 Å². The van der Waals surface area contributed by atoms with E-state index in [9.17, 15) is 9.59 Å². The fourth-order valence-corrected chi connectivity index (χ4v) is 3.64. The SMILES string of the molecule is CCN(CC)c1ccc2cc(C(=O)Oc3ccc(-c4ccc(C#N)cc4)cc3)c(=O)oc2c1. The molecule has 0 bridgehead atoms. The van der Waals surface area contributed by atoms with Crippen LogP contribution in [0.3, 0.4) is 0 Å². The van der Waals surface area contributed by atoms with Crippen LogP contribution in [0.15, 0.2) is 82.0 Å². The molecule has 3 aromatic carbocycles. The van der Waals surface area contributed by atoms with Crippen molar-refractivity contribution in [2.75, 3.05) is 18.0 Å². The fourth-order valence-electron chi connectivity index (χ4n) is 3.64. The van der Waals surface area contributed by atoms with E-state index >= 15 is 0 Å². The lowest BCUT2D eigenvalue weighted by atomic mass is 10.0. The summed E-state index contributed by atoms with van der Waals surface area (Å²) in [6.07, 6.45) is 0. The third-order valence-corrected chi connectivity index (χ3v) is 5.48. The molecule has 0 saturated heterocycles. The smallest absolute Gasteiger partial charge is 0.351 e. The van der Waals surface area contributed by atoms with Crippen LogP contribution in [0.4, 0.5) is 5.69 Å². The first-order chi connectivity index (χ1) is 16.0. The summed E-state index contributed by atoms with van der Waals surface area (Å²) in [5, 5.41) is 9.56. The van der Waals surface area contributed by atoms with Crippen LogP contribution >= 0.6 is 0 Å². The molecule has 164 valence electrons. The minimum absolute atomic E-state index is 0.158. The maximum absolute atomic E-state index is 12.7. The first-order valence-electron chi connectivity index (χ1n) is 10.7. The largest absolute Gasteiger partial charge is 0.423 e. The van der Waals surface area contributed by atoms with Crippen molar-refractivity contribution < 1.29 is 13.9 Å². The van der Waals surface area contributed by atoms with Crippen molar-refractivity contribution in [1.29, 1.82) is 5.26 Å². The number of fused-ring (bicyclic) bond motifs is 1. The summed E-state index contributed by atoms with van der Waals surface area (Å²) < 4.78 is 10.8. The molecule has 0 unspecified atom stereocenters. The van der Waals surface area contributed by atoms with Crippen LogP contribution in [0.25, 0.3) is 22.1 Å². The van der Waals surface area contributed by atoms with E-state index in [0.717, 1.165) is 29.9 Å². The number of hydrogen-bond acceptors (Lipinski definition) is 6. The number of nitriles is 1. The van der Waals surface area contributed by atoms with Gasteiger partial charge in [0.15, 0.2) is 0 Å². The van der Waals surface area contributed by atoms with E-state index in [0.29, 0.717) is 22.3 Å². The molecule has 1 heterocycles. The van der Waals surface area contributed by atoms with Crippen molar-refractivity contribution in [2.45, 2.75) is 13.8 Å². The van der Waals surface area contributed by atoms with Gasteiger partial charge in [0.25, 0.3) is 0 Å². The topological polar surface area (TPSA) is 83.5 Å². The van der Waals surface area contributed by atoms with Gasteiger partial charge < -0.3 is 14.1 Å². The van der Waals surface area contributed by atoms with Gasteiger partial charge in [0, 0.05) is 30.2 Å². The summed E-state index contributed by atoms with van der Waals surface area (Å²) in [4.78, 5) is 27.3. The zero-order valence-corrected chi connectivity index (χ0v) is 18.4. The van der Waals surface area contributed by atoms with E-state index in [-0.39, 0.29) is 5.56 Å². The van der Waals surface area contributed by atoms with E-state index < -0.39 is 11.6 Å². The Morgan fingerprint density at radius 3 is 2.18 bits per heavy atom. The van der Waals surface area contributed by atoms with E-state index in [1.807, 2.05) is 36.4 Å². The van der Waals surface area contributed by atoms with Crippen LogP contribution in [0.5, 0.6) is 5.75 Å². The van der Waals surface area contributed by atoms with Gasteiger partial charge in [0.05, 0.1) is 11.6 Å². The number of carbonyl (C=O) groups excluding carboxylic acids is 1. The zero-order valence-electron chi connectivity index (χ0n) is 18.4. The molecular formula is C27H22N2O4. The number of anilines is 1. The molecule has 4 rings (SSSR count). The monoisotopic (exact) mass is 438 g/mol. The predicted molar refractivity (Wildman–Crippen MR) is 128 cm³/mol. The summed E-state index contributed by atoms with van der Waals surface area (Å²) in [6.45, 7) is 5.78. The third kappa shape index (κ3) is 4.63. The van der Waals surface area contributed by atoms with Gasteiger partial charge in [-0.1, -0.05) is 24.3 Å². The highest BCUT2D eigenvalue weighted by Crippen LogP contribution is 2.25. The first-order valence-corrected chi connectivity index (χ1v) is 10.7. The molecule has 0 aliphatic carbocycles. The summed E-state index contributed by atoms with van der Waals surface area (Å²) in [5.74, 6) is -0.460. The Kier molecular flexibility index (Phi) is 6.23. The lowest BCUT2D eigenvalue weighted by Gasteiger charge is -2.20. The summed E-state index contributed by atoms with van der Waals surface area (Å²) in [6, 6.07) is 23.3. The van der Waals surface area contributed by atoms with Gasteiger partial charge in [-0.3, -0.25) is 0 Å². The maximum atomic E-state index is 12.7. The number of benzene rings is 3. The molecule has 6 nitrogen and oxygen atoms in total. The molecule has 6 heteroatoms. The molecule has 4 aromatic rings. The second kappa shape index (κ2) is 9.41. The number of rotatable bonds is 6. The molecule has 0 saturated carbocycles. The summed E-state index contributed by atoms with van der Waals surface area (Å²) in [7, 11) is 0. The summed E-state index contributed by atoms with van der Waals surface area (Å²) in [5.41, 5.74) is 2.91. The number of carbonyl (C=O) groups is 1. The molecule has 0 fully saturated rings. The van der Waals surface area contributed by atoms with Crippen molar-refractivity contribution in [3.05, 3.63) is 94.3 Å². The quantitative estimate of drug-likeness (QED) is 0.228. The Hall–Kier alpha value is -4.37. The van der Waals surface area contributed by atoms with Gasteiger partial charge in [0.1, 0.15) is 16.9 Å². The fraction of sp³-hybridized carbons (Fsp3) is 0.148. The van der Waals surface area contributed by atoms with Crippen LogP contribution in [0.2, 0.25) is 0 Å². The Morgan fingerprint density at radius 2 is 1.58 bits per heavy atom. The van der Waals surface area contributed by atoms with Gasteiger partial charge >= 0.3 is 11.6 Å². The van der Waals surface area contributed by atoms with Gasteiger partial charge in [-0.2, -0.15) is 5.26 Å². The van der Waals surface area contributed by atoms with Crippen molar-refractivity contribution in [3.63, 3.8) is 0 Å². The Balaban J connectivity index is 1.54. The van der Waals surface area contributed by atoms with Crippen LogP contribution in [0, 0.1) is 11.3 Å². The zero-order chi connectivity index (χ0) is 23.4. The average molecular weight is 438 g/mol. The van der Waals surface area contributed by atoms with Gasteiger partial charge in [-0.25, -0.2) is 9.59 Å². The predicted octanol–water partition coefficient (Wildman–Crippen LogP) is 5.40. The van der Waals surface area contributed by atoms with E-state index in [2.05, 4.69) is 24.8 Å². The van der Waals surface area contributed by atoms with Crippen molar-refractivity contribution in [1.82, 2.24) is 0 Å². The molecule has 0 aliphatic rings. The summed E-state index contributed by atoms with van der Waals surface area (Å²) >= 11 is 0. The number of nitrogens with zero attached hydrogens (tertiary/aromatic N) is 2. The molecule has 33 heavy (non-hydrogen) atoms. The average Bonchev–Trinajstić information content (AvgIpc) is 2.85. The molecule has 0 amide bonds. The molecule has 0 N–H and O–H groups in total. The van der Waals surface area contributed by atoms with Crippen molar-refractivity contribution in [2.24, 2.45) is 0 Å². The molecule has 1 aromatic heterocycles. The second-order valence-corrected chi connectivity index (χ2v) is 7.45. The van der Waals surface area contributed by atoms with Crippen molar-refractivity contribution >= 4 is 22.6 Å². The third-order valence-electron chi connectivity index (χ3n) is 5.48. The van der Waals surface area contributed by atoms with Crippen molar-refractivity contribution in [3.8, 4) is 22.9 Å². The van der Waals surface area contributed by atoms with E-state index in [1.54, 1.807) is 30.3 Å². The lowest BCUT2D eigenvalue weighted by molar-refractivity contribution is 0.0730. The molecule has 0 atom stereocenters. The van der Waals surface area contributed by atoms with Gasteiger partial charge in [0.2, 0.25) is 0 Å². The first kappa shape index (κ1) is 21.8. The molecule has 0 spiro atoms. The second-order valence-electron chi connectivity index (χ2n) is 7.45. The van der Waals surface area contributed by atoms with Crippen LogP contribution in [0.1, 0.15) is 29.8 Å². The van der Waals surface area contributed by atoms with E-state index in [4.69, 9.17) is 14.4 Å². The van der Waals surface area contributed by atoms with E-state index in [1.165, 1.54) is 6.07 Å². The lowest BCUT2D eigenvalue weighted by Crippen LogP contribution is -2.22. The number of hydrogen-bond donors (Lipinski definition) is 0. The van der Waals surface area contributed by atoms with Gasteiger partial charge in [-0.15, -0.1) is 0 Å². The Labute approximate surface area is 191 Å². The Bertz CT molecular complexity index is 1390. The molecular weight excluding hydrogens is 416 g/mol. The van der Waals surface area contributed by atoms with Crippen LogP contribution < -0.4 is 15.3 Å². The normalized spacial score (nSPS) is 10.6. The minimum Gasteiger partial charge on any atom is -0.423 e. The number of ether oxygens (including phenoxy) is 1. The highest BCUT2D eigenvalue weighted by Gasteiger charge is 2.17. The number of esters is 1. The highest BCUT2D eigenvalue weighted by molar-refractivity contribution is 5.94. The van der Waals surface area contributed by atoms with Gasteiger partial charge in [-0.05, 0) is 67.4 Å². The molecule has 0 radical (unpaired) electrons. The maximum Gasteiger partial charge on any atom is 0.351 e. The highest BCUT2D eigenvalue weighted by atomic mass is 16.5. The molecule has 0 aliphatic heterocycles. The Morgan fingerprint density at radius 1 is 0.939 bits per heavy atom. The van der Waals surface area contributed by atoms with Crippen LogP contribution in [-0.4, -0.2) is 19.1 Å². The minimum atomic E-state index is -0.774. The standard InChI is InChI=1S/C27H22N2O4/c1-3-29(4-2)22-12-9-21-15-24(27(31)33-25(21)16-22)26(30)32-23-13-10-20(11-14-23)19-7-5-18(17-28)6-8-19/h5-16H,3-4H2,1-2H3.